The Morgan fingerprint density at radius 1 is 1.35 bits per heavy atom. The molecular formula is C14H17N3. The van der Waals surface area contributed by atoms with Gasteiger partial charge in [-0.2, -0.15) is 5.26 Å². The standard InChI is InChI=1S/C14H17N3/c1-11-16-12-6-4-5-7-13(12)17(11)9-8-14(2,3)10-15/h4-7H,8-9H2,1-3H3. The highest BCUT2D eigenvalue weighted by molar-refractivity contribution is 5.75. The third-order valence-electron chi connectivity index (χ3n) is 3.11. The number of aryl methyl sites for hydroxylation is 2. The van der Waals surface area contributed by atoms with Gasteiger partial charge in [-0.05, 0) is 39.3 Å². The van der Waals surface area contributed by atoms with Gasteiger partial charge in [0.25, 0.3) is 0 Å². The summed E-state index contributed by atoms with van der Waals surface area (Å²) in [5.41, 5.74) is 1.90. The fourth-order valence-electron chi connectivity index (χ4n) is 1.93. The monoisotopic (exact) mass is 227 g/mol. The van der Waals surface area contributed by atoms with E-state index in [0.29, 0.717) is 0 Å². The lowest BCUT2D eigenvalue weighted by atomic mass is 9.91. The minimum Gasteiger partial charge on any atom is -0.328 e. The van der Waals surface area contributed by atoms with Gasteiger partial charge in [-0.15, -0.1) is 0 Å². The van der Waals surface area contributed by atoms with Crippen molar-refractivity contribution in [3.8, 4) is 6.07 Å². The second-order valence-corrected chi connectivity index (χ2v) is 5.05. The van der Waals surface area contributed by atoms with Crippen LogP contribution in [-0.4, -0.2) is 9.55 Å². The first-order valence-corrected chi connectivity index (χ1v) is 5.87. The van der Waals surface area contributed by atoms with Gasteiger partial charge in [-0.25, -0.2) is 4.98 Å². The molecule has 0 N–H and O–H groups in total. The Morgan fingerprint density at radius 2 is 2.06 bits per heavy atom. The average Bonchev–Trinajstić information content (AvgIpc) is 2.62. The molecule has 0 atom stereocenters. The molecule has 3 nitrogen and oxygen atoms in total. The van der Waals surface area contributed by atoms with Crippen LogP contribution in [0.2, 0.25) is 0 Å². The second-order valence-electron chi connectivity index (χ2n) is 5.05. The molecule has 1 heterocycles. The van der Waals surface area contributed by atoms with Crippen LogP contribution in [0, 0.1) is 23.7 Å². The van der Waals surface area contributed by atoms with Gasteiger partial charge < -0.3 is 4.57 Å². The molecule has 1 aromatic carbocycles. The highest BCUT2D eigenvalue weighted by Gasteiger charge is 2.17. The van der Waals surface area contributed by atoms with Gasteiger partial charge in [-0.1, -0.05) is 12.1 Å². The van der Waals surface area contributed by atoms with E-state index >= 15 is 0 Å². The van der Waals surface area contributed by atoms with Crippen molar-refractivity contribution in [2.75, 3.05) is 0 Å². The normalized spacial score (nSPS) is 11.6. The first kappa shape index (κ1) is 11.7. The molecule has 0 spiro atoms. The van der Waals surface area contributed by atoms with Crippen LogP contribution in [0.5, 0.6) is 0 Å². The maximum absolute atomic E-state index is 9.03. The Labute approximate surface area is 102 Å². The van der Waals surface area contributed by atoms with E-state index in [1.807, 2.05) is 39.0 Å². The molecule has 0 fully saturated rings. The fourth-order valence-corrected chi connectivity index (χ4v) is 1.93. The van der Waals surface area contributed by atoms with E-state index in [4.69, 9.17) is 5.26 Å². The van der Waals surface area contributed by atoms with Gasteiger partial charge >= 0.3 is 0 Å². The molecule has 88 valence electrons. The van der Waals surface area contributed by atoms with E-state index < -0.39 is 0 Å². The number of benzene rings is 1. The van der Waals surface area contributed by atoms with E-state index in [-0.39, 0.29) is 5.41 Å². The third kappa shape index (κ3) is 2.31. The first-order chi connectivity index (χ1) is 8.03. The van der Waals surface area contributed by atoms with E-state index in [0.717, 1.165) is 29.8 Å². The van der Waals surface area contributed by atoms with Crippen LogP contribution in [0.15, 0.2) is 24.3 Å². The molecule has 2 rings (SSSR count). The number of hydrogen-bond acceptors (Lipinski definition) is 2. The molecule has 0 bridgehead atoms. The maximum Gasteiger partial charge on any atom is 0.106 e. The predicted octanol–water partition coefficient (Wildman–Crippen LogP) is 3.28. The van der Waals surface area contributed by atoms with Crippen LogP contribution in [0.4, 0.5) is 0 Å². The molecular weight excluding hydrogens is 210 g/mol. The summed E-state index contributed by atoms with van der Waals surface area (Å²) in [4.78, 5) is 4.52. The lowest BCUT2D eigenvalue weighted by molar-refractivity contribution is 0.414. The Kier molecular flexibility index (Phi) is 2.89. The number of hydrogen-bond donors (Lipinski definition) is 0. The minimum absolute atomic E-state index is 0.280. The molecule has 0 aliphatic heterocycles. The first-order valence-electron chi connectivity index (χ1n) is 5.87. The van der Waals surface area contributed by atoms with Crippen LogP contribution >= 0.6 is 0 Å². The number of fused-ring (bicyclic) bond motifs is 1. The van der Waals surface area contributed by atoms with Gasteiger partial charge in [0.1, 0.15) is 5.82 Å². The number of para-hydroxylation sites is 2. The summed E-state index contributed by atoms with van der Waals surface area (Å²) in [7, 11) is 0. The van der Waals surface area contributed by atoms with Crippen LogP contribution in [-0.2, 0) is 6.54 Å². The molecule has 0 radical (unpaired) electrons. The summed E-state index contributed by atoms with van der Waals surface area (Å²) >= 11 is 0. The number of aromatic nitrogens is 2. The topological polar surface area (TPSA) is 41.6 Å². The molecule has 0 aliphatic carbocycles. The van der Waals surface area contributed by atoms with Crippen LogP contribution in [0.3, 0.4) is 0 Å². The highest BCUT2D eigenvalue weighted by atomic mass is 15.1. The zero-order chi connectivity index (χ0) is 12.5. The van der Waals surface area contributed by atoms with Gasteiger partial charge in [0.15, 0.2) is 0 Å². The largest absolute Gasteiger partial charge is 0.328 e. The van der Waals surface area contributed by atoms with E-state index in [9.17, 15) is 0 Å². The molecule has 17 heavy (non-hydrogen) atoms. The summed E-state index contributed by atoms with van der Waals surface area (Å²) in [6.45, 7) is 6.80. The molecule has 0 amide bonds. The second kappa shape index (κ2) is 4.21. The van der Waals surface area contributed by atoms with Gasteiger partial charge in [-0.3, -0.25) is 0 Å². The van der Waals surface area contributed by atoms with Crippen molar-refractivity contribution in [1.29, 1.82) is 5.26 Å². The number of imidazole rings is 1. The summed E-state index contributed by atoms with van der Waals surface area (Å²) in [5.74, 6) is 1.01. The summed E-state index contributed by atoms with van der Waals surface area (Å²) in [5, 5.41) is 9.03. The number of nitrogens with zero attached hydrogens (tertiary/aromatic N) is 3. The predicted molar refractivity (Wildman–Crippen MR) is 68.5 cm³/mol. The van der Waals surface area contributed by atoms with Crippen molar-refractivity contribution in [2.45, 2.75) is 33.7 Å². The van der Waals surface area contributed by atoms with Crippen molar-refractivity contribution in [3.63, 3.8) is 0 Å². The molecule has 0 unspecified atom stereocenters. The smallest absolute Gasteiger partial charge is 0.106 e. The zero-order valence-corrected chi connectivity index (χ0v) is 10.6. The third-order valence-corrected chi connectivity index (χ3v) is 3.11. The molecule has 3 heteroatoms. The Balaban J connectivity index is 2.31. The highest BCUT2D eigenvalue weighted by Crippen LogP contribution is 2.22. The quantitative estimate of drug-likeness (QED) is 0.807. The van der Waals surface area contributed by atoms with Gasteiger partial charge in [0, 0.05) is 6.54 Å². The average molecular weight is 227 g/mol. The minimum atomic E-state index is -0.280. The molecule has 0 saturated carbocycles. The van der Waals surface area contributed by atoms with Crippen molar-refractivity contribution >= 4 is 11.0 Å². The summed E-state index contributed by atoms with van der Waals surface area (Å²) in [6, 6.07) is 10.5. The van der Waals surface area contributed by atoms with Crippen LogP contribution in [0.25, 0.3) is 11.0 Å². The maximum atomic E-state index is 9.03. The molecule has 1 aromatic heterocycles. The summed E-state index contributed by atoms with van der Waals surface area (Å²) < 4.78 is 2.19. The van der Waals surface area contributed by atoms with E-state index in [2.05, 4.69) is 21.7 Å². The van der Waals surface area contributed by atoms with E-state index in [1.165, 1.54) is 0 Å². The Hall–Kier alpha value is -1.82. The van der Waals surface area contributed by atoms with Crippen molar-refractivity contribution < 1.29 is 0 Å². The van der Waals surface area contributed by atoms with Crippen molar-refractivity contribution in [3.05, 3.63) is 30.1 Å². The molecule has 0 aliphatic rings. The zero-order valence-electron chi connectivity index (χ0n) is 10.6. The van der Waals surface area contributed by atoms with Gasteiger partial charge in [0.2, 0.25) is 0 Å². The van der Waals surface area contributed by atoms with Crippen LogP contribution in [0.1, 0.15) is 26.1 Å². The fraction of sp³-hybridized carbons (Fsp3) is 0.429. The summed E-state index contributed by atoms with van der Waals surface area (Å²) in [6.07, 6.45) is 0.838. The number of nitriles is 1. The lowest BCUT2D eigenvalue weighted by Gasteiger charge is -2.16. The Bertz CT molecular complexity index is 573. The Morgan fingerprint density at radius 3 is 2.76 bits per heavy atom. The van der Waals surface area contributed by atoms with Gasteiger partial charge in [0.05, 0.1) is 22.5 Å². The lowest BCUT2D eigenvalue weighted by Crippen LogP contribution is -2.13. The van der Waals surface area contributed by atoms with Crippen molar-refractivity contribution in [1.82, 2.24) is 9.55 Å². The molecule has 2 aromatic rings. The van der Waals surface area contributed by atoms with E-state index in [1.54, 1.807) is 0 Å². The van der Waals surface area contributed by atoms with Crippen molar-refractivity contribution in [2.24, 2.45) is 5.41 Å². The number of rotatable bonds is 3. The van der Waals surface area contributed by atoms with Crippen LogP contribution < -0.4 is 0 Å². The SMILES string of the molecule is Cc1nc2ccccc2n1CCC(C)(C)C#N. The molecule has 0 saturated heterocycles.